The van der Waals surface area contributed by atoms with Gasteiger partial charge in [-0.25, -0.2) is 4.68 Å². The van der Waals surface area contributed by atoms with Crippen molar-refractivity contribution in [3.8, 4) is 11.8 Å². The topological polar surface area (TPSA) is 63.6 Å². The minimum atomic E-state index is -0.451. The van der Waals surface area contributed by atoms with Crippen LogP contribution in [-0.4, -0.2) is 20.3 Å². The van der Waals surface area contributed by atoms with Crippen molar-refractivity contribution in [2.75, 3.05) is 0 Å². The van der Waals surface area contributed by atoms with E-state index >= 15 is 0 Å². The molecule has 7 heteroatoms. The number of halogens is 2. The maximum atomic E-state index is 12.7. The van der Waals surface area contributed by atoms with Gasteiger partial charge >= 0.3 is 0 Å². The van der Waals surface area contributed by atoms with Crippen molar-refractivity contribution in [1.29, 1.82) is 5.26 Å². The van der Waals surface area contributed by atoms with Crippen LogP contribution in [0.3, 0.4) is 0 Å². The fourth-order valence-electron chi connectivity index (χ4n) is 3.20. The summed E-state index contributed by atoms with van der Waals surface area (Å²) in [6.45, 7) is 7.45. The molecule has 3 rings (SSSR count). The highest BCUT2D eigenvalue weighted by atomic mass is 35.5. The van der Waals surface area contributed by atoms with Crippen LogP contribution in [0.25, 0.3) is 11.8 Å². The van der Waals surface area contributed by atoms with Crippen LogP contribution in [0.5, 0.6) is 0 Å². The van der Waals surface area contributed by atoms with Crippen LogP contribution in [0.15, 0.2) is 35.9 Å². The van der Waals surface area contributed by atoms with E-state index in [9.17, 15) is 10.1 Å². The highest BCUT2D eigenvalue weighted by Crippen LogP contribution is 2.28. The summed E-state index contributed by atoms with van der Waals surface area (Å²) in [5.41, 5.74) is 4.87. The Balaban J connectivity index is 2.06. The van der Waals surface area contributed by atoms with E-state index < -0.39 is 5.91 Å². The molecule has 0 radical (unpaired) electrons. The minimum absolute atomic E-state index is 0.0144. The number of benzene rings is 1. The Morgan fingerprint density at radius 1 is 1.07 bits per heavy atom. The molecule has 0 aliphatic rings. The van der Waals surface area contributed by atoms with Crippen LogP contribution < -0.4 is 0 Å². The summed E-state index contributed by atoms with van der Waals surface area (Å²) in [6, 6.07) is 11.1. The zero-order chi connectivity index (χ0) is 20.6. The first-order valence-corrected chi connectivity index (χ1v) is 9.32. The molecular formula is C21H18Cl2N4O. The van der Waals surface area contributed by atoms with Crippen LogP contribution in [0.2, 0.25) is 10.0 Å². The SMILES string of the molecule is Cc1cc(C)n(C(=O)/C(C#N)=C/c2cc(C)n(-c3ccc(Cl)c(Cl)c3)c2C)n1. The van der Waals surface area contributed by atoms with Gasteiger partial charge in [0, 0.05) is 22.8 Å². The summed E-state index contributed by atoms with van der Waals surface area (Å²) in [5.74, 6) is -0.451. The molecule has 5 nitrogen and oxygen atoms in total. The summed E-state index contributed by atoms with van der Waals surface area (Å²) in [4.78, 5) is 12.7. The summed E-state index contributed by atoms with van der Waals surface area (Å²) >= 11 is 12.2. The molecule has 28 heavy (non-hydrogen) atoms. The van der Waals surface area contributed by atoms with Crippen molar-refractivity contribution in [2.24, 2.45) is 0 Å². The second-order valence-electron chi connectivity index (χ2n) is 6.57. The van der Waals surface area contributed by atoms with Crippen molar-refractivity contribution < 1.29 is 4.79 Å². The van der Waals surface area contributed by atoms with E-state index in [0.29, 0.717) is 15.7 Å². The number of nitrogens with zero attached hydrogens (tertiary/aromatic N) is 4. The number of carbonyl (C=O) groups excluding carboxylic acids is 1. The molecule has 0 bridgehead atoms. The Bertz CT molecular complexity index is 1160. The number of hydrogen-bond acceptors (Lipinski definition) is 3. The number of hydrogen-bond donors (Lipinski definition) is 0. The second kappa shape index (κ2) is 7.67. The number of allylic oxidation sites excluding steroid dienone is 1. The fraction of sp³-hybridized carbons (Fsp3) is 0.190. The van der Waals surface area contributed by atoms with Crippen LogP contribution >= 0.6 is 23.2 Å². The third-order valence-electron chi connectivity index (χ3n) is 4.48. The molecule has 0 aliphatic carbocycles. The molecule has 1 aromatic carbocycles. The van der Waals surface area contributed by atoms with Gasteiger partial charge in [-0.15, -0.1) is 0 Å². The van der Waals surface area contributed by atoms with Gasteiger partial charge in [-0.1, -0.05) is 23.2 Å². The van der Waals surface area contributed by atoms with E-state index in [2.05, 4.69) is 5.10 Å². The van der Waals surface area contributed by atoms with Crippen molar-refractivity contribution in [2.45, 2.75) is 27.7 Å². The molecular weight excluding hydrogens is 395 g/mol. The lowest BCUT2D eigenvalue weighted by molar-refractivity contribution is 0.0943. The molecule has 0 N–H and O–H groups in total. The predicted molar refractivity (Wildman–Crippen MR) is 111 cm³/mol. The number of aromatic nitrogens is 3. The molecule has 0 spiro atoms. The summed E-state index contributed by atoms with van der Waals surface area (Å²) < 4.78 is 3.25. The number of aryl methyl sites for hydroxylation is 3. The van der Waals surface area contributed by atoms with Crippen LogP contribution in [-0.2, 0) is 0 Å². The van der Waals surface area contributed by atoms with Gasteiger partial charge in [0.05, 0.1) is 15.7 Å². The van der Waals surface area contributed by atoms with Crippen molar-refractivity contribution in [1.82, 2.24) is 14.3 Å². The quantitative estimate of drug-likeness (QED) is 0.423. The Morgan fingerprint density at radius 2 is 1.79 bits per heavy atom. The first-order valence-electron chi connectivity index (χ1n) is 8.57. The molecule has 0 atom stereocenters. The zero-order valence-electron chi connectivity index (χ0n) is 15.9. The Hall–Kier alpha value is -2.81. The van der Waals surface area contributed by atoms with Gasteiger partial charge in [0.15, 0.2) is 0 Å². The monoisotopic (exact) mass is 412 g/mol. The van der Waals surface area contributed by atoms with Gasteiger partial charge in [-0.05, 0) is 69.7 Å². The lowest BCUT2D eigenvalue weighted by Gasteiger charge is -2.10. The van der Waals surface area contributed by atoms with Crippen LogP contribution in [0.4, 0.5) is 0 Å². The lowest BCUT2D eigenvalue weighted by atomic mass is 10.1. The van der Waals surface area contributed by atoms with Gasteiger partial charge in [-0.2, -0.15) is 10.4 Å². The number of carbonyl (C=O) groups is 1. The summed E-state index contributed by atoms with van der Waals surface area (Å²) in [5, 5.41) is 14.7. The molecule has 0 unspecified atom stereocenters. The maximum absolute atomic E-state index is 12.7. The Kier molecular flexibility index (Phi) is 5.46. The third kappa shape index (κ3) is 3.62. The highest BCUT2D eigenvalue weighted by Gasteiger charge is 2.17. The standard InChI is InChI=1S/C21H18Cl2N4O/c1-12-7-14(3)27(25-12)21(28)17(11-24)9-16-8-13(2)26(15(16)4)18-5-6-19(22)20(23)10-18/h5-10H,1-4H3/b17-9+. The van der Waals surface area contributed by atoms with Gasteiger partial charge in [0.1, 0.15) is 11.6 Å². The van der Waals surface area contributed by atoms with Gasteiger partial charge < -0.3 is 4.57 Å². The molecule has 0 fully saturated rings. The largest absolute Gasteiger partial charge is 0.318 e. The molecule has 0 aliphatic heterocycles. The van der Waals surface area contributed by atoms with Crippen molar-refractivity contribution in [3.05, 3.63) is 74.3 Å². The third-order valence-corrected chi connectivity index (χ3v) is 5.22. The van der Waals surface area contributed by atoms with E-state index in [1.165, 1.54) is 4.68 Å². The molecule has 142 valence electrons. The van der Waals surface area contributed by atoms with E-state index in [4.69, 9.17) is 23.2 Å². The summed E-state index contributed by atoms with van der Waals surface area (Å²) in [6.07, 6.45) is 1.59. The van der Waals surface area contributed by atoms with Crippen molar-refractivity contribution in [3.63, 3.8) is 0 Å². The van der Waals surface area contributed by atoms with Crippen LogP contribution in [0, 0.1) is 39.0 Å². The normalized spacial score (nSPS) is 11.5. The Labute approximate surface area is 173 Å². The van der Waals surface area contributed by atoms with E-state index in [-0.39, 0.29) is 5.57 Å². The van der Waals surface area contributed by atoms with Crippen molar-refractivity contribution >= 4 is 35.2 Å². The Morgan fingerprint density at radius 3 is 2.36 bits per heavy atom. The second-order valence-corrected chi connectivity index (χ2v) is 7.39. The lowest BCUT2D eigenvalue weighted by Crippen LogP contribution is -2.15. The molecule has 2 aromatic heterocycles. The fourth-order valence-corrected chi connectivity index (χ4v) is 3.49. The number of nitriles is 1. The maximum Gasteiger partial charge on any atom is 0.289 e. The van der Waals surface area contributed by atoms with E-state index in [1.54, 1.807) is 38.1 Å². The number of rotatable bonds is 3. The van der Waals surface area contributed by atoms with Gasteiger partial charge in [0.2, 0.25) is 0 Å². The van der Waals surface area contributed by atoms with Crippen LogP contribution in [0.1, 0.15) is 33.1 Å². The average molecular weight is 413 g/mol. The first kappa shape index (κ1) is 19.9. The first-order chi connectivity index (χ1) is 13.2. The smallest absolute Gasteiger partial charge is 0.289 e. The molecule has 2 heterocycles. The van der Waals surface area contributed by atoms with Gasteiger partial charge in [-0.3, -0.25) is 4.79 Å². The molecule has 3 aromatic rings. The molecule has 0 amide bonds. The zero-order valence-corrected chi connectivity index (χ0v) is 17.4. The predicted octanol–water partition coefficient (Wildman–Crippen LogP) is 5.46. The molecule has 0 saturated heterocycles. The highest BCUT2D eigenvalue weighted by molar-refractivity contribution is 6.42. The molecule has 0 saturated carbocycles. The van der Waals surface area contributed by atoms with E-state index in [1.807, 2.05) is 36.6 Å². The summed E-state index contributed by atoms with van der Waals surface area (Å²) in [7, 11) is 0. The minimum Gasteiger partial charge on any atom is -0.318 e. The van der Waals surface area contributed by atoms with E-state index in [0.717, 1.165) is 28.3 Å². The van der Waals surface area contributed by atoms with Gasteiger partial charge in [0.25, 0.3) is 5.91 Å². The average Bonchev–Trinajstić information content (AvgIpc) is 3.12.